The highest BCUT2D eigenvalue weighted by molar-refractivity contribution is 5.56. The van der Waals surface area contributed by atoms with Crippen molar-refractivity contribution in [3.63, 3.8) is 0 Å². The van der Waals surface area contributed by atoms with Gasteiger partial charge in [0.2, 0.25) is 0 Å². The summed E-state index contributed by atoms with van der Waals surface area (Å²) in [5.74, 6) is -0.179. The molecule has 0 fully saturated rings. The summed E-state index contributed by atoms with van der Waals surface area (Å²) in [5, 5.41) is 0. The van der Waals surface area contributed by atoms with Crippen LogP contribution in [0.1, 0.15) is 45.7 Å². The van der Waals surface area contributed by atoms with Crippen molar-refractivity contribution < 1.29 is 4.39 Å². The molecule has 1 rings (SSSR count). The minimum absolute atomic E-state index is 0.154. The van der Waals surface area contributed by atoms with E-state index in [4.69, 9.17) is 5.73 Å². The topological polar surface area (TPSA) is 29.3 Å². The molecule has 17 heavy (non-hydrogen) atoms. The highest BCUT2D eigenvalue weighted by atomic mass is 19.1. The molecule has 0 bridgehead atoms. The van der Waals surface area contributed by atoms with Crippen LogP contribution in [0.15, 0.2) is 18.2 Å². The maximum Gasteiger partial charge on any atom is 0.146 e. The molecular formula is C14H23FN2. The van der Waals surface area contributed by atoms with Crippen LogP contribution in [0, 0.1) is 5.82 Å². The number of benzene rings is 1. The van der Waals surface area contributed by atoms with E-state index in [1.807, 2.05) is 19.9 Å². The highest BCUT2D eigenvalue weighted by Crippen LogP contribution is 2.30. The first-order valence-electron chi connectivity index (χ1n) is 6.33. The van der Waals surface area contributed by atoms with E-state index in [0.717, 1.165) is 18.5 Å². The van der Waals surface area contributed by atoms with Gasteiger partial charge in [-0.2, -0.15) is 0 Å². The molecule has 0 saturated carbocycles. The lowest BCUT2D eigenvalue weighted by Gasteiger charge is -2.32. The third-order valence-electron chi connectivity index (χ3n) is 3.26. The van der Waals surface area contributed by atoms with Crippen molar-refractivity contribution in [1.82, 2.24) is 0 Å². The standard InChI is InChI=1S/C14H23FN2/c1-5-10(3)17(6-2)14-12(11(4)16)8-7-9-13(14)15/h7-11H,5-6,16H2,1-4H3/t10?,11-/m1/s1. The maximum absolute atomic E-state index is 14.0. The van der Waals surface area contributed by atoms with Crippen molar-refractivity contribution in [1.29, 1.82) is 0 Å². The number of para-hydroxylation sites is 1. The van der Waals surface area contributed by atoms with E-state index in [1.54, 1.807) is 6.07 Å². The summed E-state index contributed by atoms with van der Waals surface area (Å²) in [6, 6.07) is 5.30. The van der Waals surface area contributed by atoms with Gasteiger partial charge < -0.3 is 10.6 Å². The van der Waals surface area contributed by atoms with Gasteiger partial charge in [0, 0.05) is 18.6 Å². The minimum atomic E-state index is -0.179. The van der Waals surface area contributed by atoms with Gasteiger partial charge in [-0.15, -0.1) is 0 Å². The maximum atomic E-state index is 14.0. The van der Waals surface area contributed by atoms with Crippen LogP contribution in [0.2, 0.25) is 0 Å². The quantitative estimate of drug-likeness (QED) is 0.851. The fourth-order valence-electron chi connectivity index (χ4n) is 2.11. The van der Waals surface area contributed by atoms with Crippen LogP contribution >= 0.6 is 0 Å². The van der Waals surface area contributed by atoms with Crippen LogP contribution in [0.25, 0.3) is 0 Å². The molecule has 0 radical (unpaired) electrons. The Bertz CT molecular complexity index is 363. The fraction of sp³-hybridized carbons (Fsp3) is 0.571. The summed E-state index contributed by atoms with van der Waals surface area (Å²) in [6.07, 6.45) is 0.987. The van der Waals surface area contributed by atoms with Crippen LogP contribution in [-0.2, 0) is 0 Å². The Morgan fingerprint density at radius 1 is 1.29 bits per heavy atom. The summed E-state index contributed by atoms with van der Waals surface area (Å²) in [6.45, 7) is 8.95. The molecule has 96 valence electrons. The molecule has 0 heterocycles. The summed E-state index contributed by atoms with van der Waals surface area (Å²) in [7, 11) is 0. The molecule has 3 heteroatoms. The Morgan fingerprint density at radius 2 is 1.94 bits per heavy atom. The highest BCUT2D eigenvalue weighted by Gasteiger charge is 2.20. The van der Waals surface area contributed by atoms with E-state index in [0.29, 0.717) is 11.7 Å². The number of halogens is 1. The van der Waals surface area contributed by atoms with Crippen LogP contribution in [0.4, 0.5) is 10.1 Å². The molecule has 0 aliphatic carbocycles. The summed E-state index contributed by atoms with van der Waals surface area (Å²) >= 11 is 0. The number of nitrogens with two attached hydrogens (primary N) is 1. The number of nitrogens with zero attached hydrogens (tertiary/aromatic N) is 1. The van der Waals surface area contributed by atoms with Gasteiger partial charge >= 0.3 is 0 Å². The Balaban J connectivity index is 3.26. The molecule has 2 atom stereocenters. The van der Waals surface area contributed by atoms with Gasteiger partial charge in [0.05, 0.1) is 5.69 Å². The second-order valence-corrected chi connectivity index (χ2v) is 4.51. The van der Waals surface area contributed by atoms with Gasteiger partial charge in [0.25, 0.3) is 0 Å². The van der Waals surface area contributed by atoms with Crippen LogP contribution in [0.5, 0.6) is 0 Å². The molecule has 1 aromatic rings. The first-order chi connectivity index (χ1) is 8.02. The second kappa shape index (κ2) is 6.01. The predicted molar refractivity (Wildman–Crippen MR) is 71.8 cm³/mol. The smallest absolute Gasteiger partial charge is 0.146 e. The van der Waals surface area contributed by atoms with E-state index in [2.05, 4.69) is 18.7 Å². The van der Waals surface area contributed by atoms with Crippen molar-refractivity contribution >= 4 is 5.69 Å². The van der Waals surface area contributed by atoms with Gasteiger partial charge in [-0.25, -0.2) is 4.39 Å². The molecular weight excluding hydrogens is 215 g/mol. The molecule has 2 N–H and O–H groups in total. The molecule has 0 amide bonds. The molecule has 0 aromatic heterocycles. The normalized spacial score (nSPS) is 14.5. The molecule has 0 saturated heterocycles. The predicted octanol–water partition coefficient (Wildman–Crippen LogP) is 3.47. The SMILES string of the molecule is CCC(C)N(CC)c1c(F)cccc1[C@@H](C)N. The van der Waals surface area contributed by atoms with Gasteiger partial charge in [0.1, 0.15) is 5.82 Å². The van der Waals surface area contributed by atoms with Crippen molar-refractivity contribution in [2.45, 2.75) is 46.2 Å². The molecule has 2 nitrogen and oxygen atoms in total. The Hall–Kier alpha value is -1.09. The first kappa shape index (κ1) is 14.0. The Labute approximate surface area is 104 Å². The van der Waals surface area contributed by atoms with E-state index in [-0.39, 0.29) is 11.9 Å². The second-order valence-electron chi connectivity index (χ2n) is 4.51. The average molecular weight is 238 g/mol. The van der Waals surface area contributed by atoms with E-state index >= 15 is 0 Å². The number of rotatable bonds is 5. The van der Waals surface area contributed by atoms with Crippen molar-refractivity contribution in [2.24, 2.45) is 5.73 Å². The lowest BCUT2D eigenvalue weighted by Crippen LogP contribution is -2.34. The monoisotopic (exact) mass is 238 g/mol. The summed E-state index contributed by atoms with van der Waals surface area (Å²) in [4.78, 5) is 2.09. The number of anilines is 1. The largest absolute Gasteiger partial charge is 0.366 e. The van der Waals surface area contributed by atoms with E-state index in [9.17, 15) is 4.39 Å². The zero-order valence-electron chi connectivity index (χ0n) is 11.2. The lowest BCUT2D eigenvalue weighted by molar-refractivity contribution is 0.576. The minimum Gasteiger partial charge on any atom is -0.366 e. The molecule has 0 spiro atoms. The van der Waals surface area contributed by atoms with Gasteiger partial charge in [-0.3, -0.25) is 0 Å². The van der Waals surface area contributed by atoms with Gasteiger partial charge in [0.15, 0.2) is 0 Å². The third kappa shape index (κ3) is 2.97. The van der Waals surface area contributed by atoms with E-state index < -0.39 is 0 Å². The molecule has 1 unspecified atom stereocenters. The lowest BCUT2D eigenvalue weighted by atomic mass is 10.0. The zero-order chi connectivity index (χ0) is 13.0. The van der Waals surface area contributed by atoms with Crippen LogP contribution in [0.3, 0.4) is 0 Å². The van der Waals surface area contributed by atoms with Crippen molar-refractivity contribution in [3.8, 4) is 0 Å². The van der Waals surface area contributed by atoms with Crippen molar-refractivity contribution in [2.75, 3.05) is 11.4 Å². The third-order valence-corrected chi connectivity index (χ3v) is 3.26. The zero-order valence-corrected chi connectivity index (χ0v) is 11.2. The fourth-order valence-corrected chi connectivity index (χ4v) is 2.11. The van der Waals surface area contributed by atoms with Gasteiger partial charge in [-0.1, -0.05) is 19.1 Å². The summed E-state index contributed by atoms with van der Waals surface area (Å²) in [5.41, 5.74) is 7.47. The number of hydrogen-bond acceptors (Lipinski definition) is 2. The van der Waals surface area contributed by atoms with Crippen LogP contribution in [-0.4, -0.2) is 12.6 Å². The van der Waals surface area contributed by atoms with Gasteiger partial charge in [-0.05, 0) is 38.8 Å². The molecule has 0 aliphatic rings. The average Bonchev–Trinajstić information content (AvgIpc) is 2.31. The number of hydrogen-bond donors (Lipinski definition) is 1. The van der Waals surface area contributed by atoms with E-state index in [1.165, 1.54) is 6.07 Å². The first-order valence-corrected chi connectivity index (χ1v) is 6.33. The summed E-state index contributed by atoms with van der Waals surface area (Å²) < 4.78 is 14.0. The van der Waals surface area contributed by atoms with Crippen molar-refractivity contribution in [3.05, 3.63) is 29.6 Å². The van der Waals surface area contributed by atoms with Crippen LogP contribution < -0.4 is 10.6 Å². The Morgan fingerprint density at radius 3 is 2.41 bits per heavy atom. The Kier molecular flexibility index (Phi) is 4.94. The molecule has 0 aliphatic heterocycles. The molecule has 1 aromatic carbocycles.